The van der Waals surface area contributed by atoms with Crippen molar-refractivity contribution >= 4 is 11.9 Å². The Labute approximate surface area is 130 Å². The van der Waals surface area contributed by atoms with Crippen LogP contribution in [0.4, 0.5) is 0 Å². The van der Waals surface area contributed by atoms with Crippen LogP contribution in [-0.2, 0) is 18.9 Å². The molecule has 0 aliphatic rings. The van der Waals surface area contributed by atoms with Crippen molar-refractivity contribution in [3.05, 3.63) is 35.4 Å². The first-order chi connectivity index (χ1) is 10.6. The Morgan fingerprint density at radius 2 is 1.36 bits per heavy atom. The van der Waals surface area contributed by atoms with E-state index in [1.54, 1.807) is 0 Å². The van der Waals surface area contributed by atoms with Gasteiger partial charge < -0.3 is 18.9 Å². The van der Waals surface area contributed by atoms with E-state index in [0.29, 0.717) is 24.3 Å². The van der Waals surface area contributed by atoms with E-state index < -0.39 is 18.0 Å². The second-order valence-corrected chi connectivity index (χ2v) is 4.42. The van der Waals surface area contributed by atoms with E-state index in [1.165, 1.54) is 31.4 Å². The minimum absolute atomic E-state index is 0.280. The van der Waals surface area contributed by atoms with E-state index in [-0.39, 0.29) is 13.2 Å². The molecule has 0 aromatic heterocycles. The molecule has 0 N–H and O–H groups in total. The van der Waals surface area contributed by atoms with Gasteiger partial charge in [-0.2, -0.15) is 0 Å². The molecule has 0 saturated carbocycles. The topological polar surface area (TPSA) is 71.1 Å². The zero-order valence-corrected chi connectivity index (χ0v) is 13.2. The summed E-state index contributed by atoms with van der Waals surface area (Å²) in [6.07, 6.45) is -0.465. The molecule has 0 aliphatic heterocycles. The molecule has 0 saturated heterocycles. The molecule has 122 valence electrons. The molecule has 0 spiro atoms. The maximum Gasteiger partial charge on any atom is 0.338 e. The quantitative estimate of drug-likeness (QED) is 0.650. The fourth-order valence-corrected chi connectivity index (χ4v) is 1.69. The van der Waals surface area contributed by atoms with Crippen LogP contribution >= 0.6 is 0 Å². The number of benzene rings is 1. The Hall–Kier alpha value is -1.92. The molecule has 1 rings (SSSR count). The highest BCUT2D eigenvalue weighted by atomic mass is 16.6. The van der Waals surface area contributed by atoms with Crippen molar-refractivity contribution in [2.24, 2.45) is 0 Å². The second kappa shape index (κ2) is 9.92. The van der Waals surface area contributed by atoms with Crippen LogP contribution in [0.3, 0.4) is 0 Å². The highest BCUT2D eigenvalue weighted by Crippen LogP contribution is 2.09. The van der Waals surface area contributed by atoms with Gasteiger partial charge in [0.1, 0.15) is 6.10 Å². The molecule has 0 unspecified atom stereocenters. The van der Waals surface area contributed by atoms with E-state index in [9.17, 15) is 9.59 Å². The molecule has 0 atom stereocenters. The van der Waals surface area contributed by atoms with E-state index in [4.69, 9.17) is 14.2 Å². The highest BCUT2D eigenvalue weighted by Gasteiger charge is 2.17. The van der Waals surface area contributed by atoms with Gasteiger partial charge in [0.25, 0.3) is 0 Å². The maximum atomic E-state index is 12.1. The lowest BCUT2D eigenvalue weighted by atomic mass is 10.1. The normalized spacial score (nSPS) is 10.5. The van der Waals surface area contributed by atoms with E-state index in [1.807, 2.05) is 13.8 Å². The summed E-state index contributed by atoms with van der Waals surface area (Å²) in [5.41, 5.74) is 0.727. The summed E-state index contributed by atoms with van der Waals surface area (Å²) in [6.45, 7) is 5.36. The summed E-state index contributed by atoms with van der Waals surface area (Å²) in [5, 5.41) is 0. The highest BCUT2D eigenvalue weighted by molar-refractivity contribution is 5.93. The van der Waals surface area contributed by atoms with Gasteiger partial charge in [-0.25, -0.2) is 9.59 Å². The zero-order valence-electron chi connectivity index (χ0n) is 13.2. The minimum Gasteiger partial charge on any atom is -0.465 e. The number of methoxy groups -OCH3 is 1. The lowest BCUT2D eigenvalue weighted by molar-refractivity contribution is -0.0363. The van der Waals surface area contributed by atoms with E-state index >= 15 is 0 Å². The van der Waals surface area contributed by atoms with Crippen LogP contribution in [0.1, 0.15) is 34.6 Å². The van der Waals surface area contributed by atoms with Crippen LogP contribution in [0.15, 0.2) is 24.3 Å². The third-order valence-electron chi connectivity index (χ3n) is 2.83. The summed E-state index contributed by atoms with van der Waals surface area (Å²) < 4.78 is 20.5. The first-order valence-corrected chi connectivity index (χ1v) is 7.17. The van der Waals surface area contributed by atoms with Crippen LogP contribution in [0.5, 0.6) is 0 Å². The Kier molecular flexibility index (Phi) is 8.17. The Morgan fingerprint density at radius 1 is 0.909 bits per heavy atom. The first-order valence-electron chi connectivity index (χ1n) is 7.17. The van der Waals surface area contributed by atoms with Crippen LogP contribution in [0.25, 0.3) is 0 Å². The molecule has 22 heavy (non-hydrogen) atoms. The number of esters is 2. The summed E-state index contributed by atoms with van der Waals surface area (Å²) >= 11 is 0. The van der Waals surface area contributed by atoms with E-state index in [0.717, 1.165) is 0 Å². The molecule has 0 bridgehead atoms. The van der Waals surface area contributed by atoms with Gasteiger partial charge in [-0.1, -0.05) is 0 Å². The Balaban J connectivity index is 2.65. The van der Waals surface area contributed by atoms with Gasteiger partial charge in [-0.15, -0.1) is 0 Å². The molecular formula is C16H22O6. The molecule has 1 aromatic rings. The van der Waals surface area contributed by atoms with Gasteiger partial charge in [0.05, 0.1) is 31.5 Å². The number of carbonyl (C=O) groups excluding carboxylic acids is 2. The molecular weight excluding hydrogens is 288 g/mol. The monoisotopic (exact) mass is 310 g/mol. The summed E-state index contributed by atoms with van der Waals surface area (Å²) in [5.74, 6) is -0.939. The fraction of sp³-hybridized carbons (Fsp3) is 0.500. The largest absolute Gasteiger partial charge is 0.465 e. The van der Waals surface area contributed by atoms with Crippen molar-refractivity contribution in [1.82, 2.24) is 0 Å². The molecule has 0 aliphatic carbocycles. The van der Waals surface area contributed by atoms with Crippen LogP contribution in [0, 0.1) is 0 Å². The van der Waals surface area contributed by atoms with Crippen LogP contribution in [-0.4, -0.2) is 51.6 Å². The number of carbonyl (C=O) groups is 2. The van der Waals surface area contributed by atoms with Crippen molar-refractivity contribution in [1.29, 1.82) is 0 Å². The molecule has 6 nitrogen and oxygen atoms in total. The number of hydrogen-bond acceptors (Lipinski definition) is 6. The molecule has 0 radical (unpaired) electrons. The van der Waals surface area contributed by atoms with Gasteiger partial charge in [0.15, 0.2) is 0 Å². The SMILES string of the molecule is CCOCC(COCC)OC(=O)c1ccc(C(=O)OC)cc1. The minimum atomic E-state index is -0.485. The lowest BCUT2D eigenvalue weighted by Gasteiger charge is -2.17. The van der Waals surface area contributed by atoms with Crippen LogP contribution < -0.4 is 0 Å². The Morgan fingerprint density at radius 3 is 1.77 bits per heavy atom. The van der Waals surface area contributed by atoms with E-state index in [2.05, 4.69) is 4.74 Å². The summed E-state index contributed by atoms with van der Waals surface area (Å²) in [6, 6.07) is 6.07. The second-order valence-electron chi connectivity index (χ2n) is 4.42. The maximum absolute atomic E-state index is 12.1. The van der Waals surface area contributed by atoms with Crippen molar-refractivity contribution in [3.63, 3.8) is 0 Å². The smallest absolute Gasteiger partial charge is 0.338 e. The Bertz CT molecular complexity index is 460. The zero-order chi connectivity index (χ0) is 16.4. The number of hydrogen-bond donors (Lipinski definition) is 0. The third kappa shape index (κ3) is 5.83. The molecule has 6 heteroatoms. The number of ether oxygens (including phenoxy) is 4. The van der Waals surface area contributed by atoms with Gasteiger partial charge in [0.2, 0.25) is 0 Å². The van der Waals surface area contributed by atoms with Gasteiger partial charge >= 0.3 is 11.9 Å². The predicted molar refractivity (Wildman–Crippen MR) is 80.0 cm³/mol. The van der Waals surface area contributed by atoms with Gasteiger partial charge in [-0.3, -0.25) is 0 Å². The fourth-order valence-electron chi connectivity index (χ4n) is 1.69. The molecule has 0 heterocycles. The lowest BCUT2D eigenvalue weighted by Crippen LogP contribution is -2.28. The van der Waals surface area contributed by atoms with Crippen molar-refractivity contribution in [3.8, 4) is 0 Å². The molecule has 0 fully saturated rings. The predicted octanol–water partition coefficient (Wildman–Crippen LogP) is 2.07. The molecule has 0 amide bonds. The number of rotatable bonds is 9. The standard InChI is InChI=1S/C16H22O6/c1-4-20-10-14(11-21-5-2)22-16(18)13-8-6-12(7-9-13)15(17)19-3/h6-9,14H,4-5,10-11H2,1-3H3. The third-order valence-corrected chi connectivity index (χ3v) is 2.83. The van der Waals surface area contributed by atoms with Crippen LogP contribution in [0.2, 0.25) is 0 Å². The van der Waals surface area contributed by atoms with Crippen molar-refractivity contribution < 1.29 is 28.5 Å². The average Bonchev–Trinajstić information content (AvgIpc) is 2.56. The first kappa shape index (κ1) is 18.1. The van der Waals surface area contributed by atoms with Gasteiger partial charge in [-0.05, 0) is 38.1 Å². The van der Waals surface area contributed by atoms with Gasteiger partial charge in [0, 0.05) is 13.2 Å². The van der Waals surface area contributed by atoms with Crippen molar-refractivity contribution in [2.75, 3.05) is 33.5 Å². The molecule has 1 aromatic carbocycles. The average molecular weight is 310 g/mol. The summed E-state index contributed by atoms with van der Waals surface area (Å²) in [7, 11) is 1.30. The van der Waals surface area contributed by atoms with Crippen molar-refractivity contribution in [2.45, 2.75) is 20.0 Å². The summed E-state index contributed by atoms with van der Waals surface area (Å²) in [4.78, 5) is 23.4.